The first-order valence-corrected chi connectivity index (χ1v) is 9.12. The van der Waals surface area contributed by atoms with Gasteiger partial charge in [0.05, 0.1) is 12.8 Å². The summed E-state index contributed by atoms with van der Waals surface area (Å²) in [5.41, 5.74) is 5.67. The van der Waals surface area contributed by atoms with Crippen LogP contribution in [0.25, 0.3) is 0 Å². The second-order valence-corrected chi connectivity index (χ2v) is 6.23. The summed E-state index contributed by atoms with van der Waals surface area (Å²) in [4.78, 5) is 8.27. The van der Waals surface area contributed by atoms with Crippen LogP contribution in [0.15, 0.2) is 30.5 Å². The summed E-state index contributed by atoms with van der Waals surface area (Å²) in [6.07, 6.45) is 18.7. The van der Waals surface area contributed by atoms with Crippen molar-refractivity contribution >= 4 is 11.8 Å². The molecule has 5 nitrogen and oxygen atoms in total. The SMILES string of the molecule is CCCCNc1nc(N)ncc1OCCCCCC1C=CC=CC1. The van der Waals surface area contributed by atoms with Crippen LogP contribution in [0.2, 0.25) is 0 Å². The fourth-order valence-corrected chi connectivity index (χ4v) is 2.71. The van der Waals surface area contributed by atoms with Gasteiger partial charge in [-0.25, -0.2) is 4.98 Å². The predicted molar refractivity (Wildman–Crippen MR) is 100 cm³/mol. The van der Waals surface area contributed by atoms with Gasteiger partial charge < -0.3 is 15.8 Å². The summed E-state index contributed by atoms with van der Waals surface area (Å²) >= 11 is 0. The van der Waals surface area contributed by atoms with Crippen LogP contribution in [0.3, 0.4) is 0 Å². The van der Waals surface area contributed by atoms with E-state index in [1.54, 1.807) is 6.20 Å². The van der Waals surface area contributed by atoms with Crippen molar-refractivity contribution in [2.75, 3.05) is 24.2 Å². The lowest BCUT2D eigenvalue weighted by Gasteiger charge is -2.13. The van der Waals surface area contributed by atoms with Crippen molar-refractivity contribution in [2.24, 2.45) is 5.92 Å². The highest BCUT2D eigenvalue weighted by Crippen LogP contribution is 2.22. The Morgan fingerprint density at radius 3 is 2.96 bits per heavy atom. The number of nitrogen functional groups attached to an aromatic ring is 1. The molecule has 1 aliphatic carbocycles. The first-order chi connectivity index (χ1) is 11.8. The van der Waals surface area contributed by atoms with Crippen LogP contribution in [-0.4, -0.2) is 23.1 Å². The standard InChI is InChI=1S/C19H30N4O/c1-2-3-13-21-18-17(15-22-19(20)23-18)24-14-9-5-8-12-16-10-6-4-7-11-16/h4,6-7,10,15-16H,2-3,5,8-9,11-14H2,1H3,(H3,20,21,22,23). The summed E-state index contributed by atoms with van der Waals surface area (Å²) in [5.74, 6) is 2.39. The zero-order valence-corrected chi connectivity index (χ0v) is 14.7. The second kappa shape index (κ2) is 10.7. The summed E-state index contributed by atoms with van der Waals surface area (Å²) < 4.78 is 5.85. The molecule has 5 heteroatoms. The molecular weight excluding hydrogens is 300 g/mol. The zero-order valence-electron chi connectivity index (χ0n) is 14.7. The van der Waals surface area contributed by atoms with E-state index in [4.69, 9.17) is 10.5 Å². The number of nitrogens with zero attached hydrogens (tertiary/aromatic N) is 2. The Kier molecular flexibility index (Phi) is 8.15. The molecule has 0 aliphatic heterocycles. The monoisotopic (exact) mass is 330 g/mol. The largest absolute Gasteiger partial charge is 0.488 e. The van der Waals surface area contributed by atoms with Crippen LogP contribution < -0.4 is 15.8 Å². The Bertz CT molecular complexity index is 542. The van der Waals surface area contributed by atoms with Crippen LogP contribution in [0, 0.1) is 5.92 Å². The molecule has 1 heterocycles. The number of rotatable bonds is 11. The van der Waals surface area contributed by atoms with Crippen LogP contribution >= 0.6 is 0 Å². The molecule has 132 valence electrons. The first-order valence-electron chi connectivity index (χ1n) is 9.12. The lowest BCUT2D eigenvalue weighted by atomic mass is 9.95. The van der Waals surface area contributed by atoms with E-state index in [1.807, 2.05) is 0 Å². The van der Waals surface area contributed by atoms with Gasteiger partial charge in [0.1, 0.15) is 0 Å². The van der Waals surface area contributed by atoms with Crippen molar-refractivity contribution in [3.8, 4) is 5.75 Å². The summed E-state index contributed by atoms with van der Waals surface area (Å²) in [6.45, 7) is 3.72. The Morgan fingerprint density at radius 1 is 1.25 bits per heavy atom. The smallest absolute Gasteiger partial charge is 0.222 e. The molecular formula is C19H30N4O. The maximum atomic E-state index is 5.85. The number of nitrogens with two attached hydrogens (primary N) is 1. The molecule has 1 aromatic heterocycles. The number of anilines is 2. The van der Waals surface area contributed by atoms with E-state index >= 15 is 0 Å². The average molecular weight is 330 g/mol. The van der Waals surface area contributed by atoms with E-state index < -0.39 is 0 Å². The molecule has 3 N–H and O–H groups in total. The third-order valence-corrected chi connectivity index (χ3v) is 4.14. The van der Waals surface area contributed by atoms with E-state index in [2.05, 4.69) is 46.5 Å². The van der Waals surface area contributed by atoms with Crippen LogP contribution in [0.4, 0.5) is 11.8 Å². The molecule has 0 radical (unpaired) electrons. The molecule has 0 saturated heterocycles. The van der Waals surface area contributed by atoms with Crippen molar-refractivity contribution < 1.29 is 4.74 Å². The molecule has 1 aliphatic rings. The van der Waals surface area contributed by atoms with Crippen molar-refractivity contribution in [3.63, 3.8) is 0 Å². The van der Waals surface area contributed by atoms with Crippen molar-refractivity contribution in [1.29, 1.82) is 0 Å². The molecule has 24 heavy (non-hydrogen) atoms. The number of allylic oxidation sites excluding steroid dienone is 4. The molecule has 2 rings (SSSR count). The van der Waals surface area contributed by atoms with Crippen molar-refractivity contribution in [2.45, 2.75) is 51.9 Å². The van der Waals surface area contributed by atoms with Crippen LogP contribution in [0.5, 0.6) is 5.75 Å². The van der Waals surface area contributed by atoms with Gasteiger partial charge in [0.15, 0.2) is 11.6 Å². The maximum Gasteiger partial charge on any atom is 0.222 e. The van der Waals surface area contributed by atoms with Gasteiger partial charge in [-0.2, -0.15) is 4.98 Å². The summed E-state index contributed by atoms with van der Waals surface area (Å²) in [7, 11) is 0. The summed E-state index contributed by atoms with van der Waals surface area (Å²) in [6, 6.07) is 0. The fourth-order valence-electron chi connectivity index (χ4n) is 2.71. The highest BCUT2D eigenvalue weighted by molar-refractivity contribution is 5.51. The maximum absolute atomic E-state index is 5.85. The highest BCUT2D eigenvalue weighted by Gasteiger charge is 2.07. The molecule has 0 aromatic carbocycles. The van der Waals surface area contributed by atoms with E-state index in [1.165, 1.54) is 25.7 Å². The minimum absolute atomic E-state index is 0.274. The zero-order chi connectivity index (χ0) is 17.0. The van der Waals surface area contributed by atoms with Gasteiger partial charge in [0.2, 0.25) is 5.95 Å². The van der Waals surface area contributed by atoms with Crippen LogP contribution in [-0.2, 0) is 0 Å². The molecule has 0 saturated carbocycles. The predicted octanol–water partition coefficient (Wildman–Crippen LogP) is 4.34. The Balaban J connectivity index is 1.65. The van der Waals surface area contributed by atoms with Gasteiger partial charge in [-0.1, -0.05) is 50.5 Å². The lowest BCUT2D eigenvalue weighted by Crippen LogP contribution is -2.09. The average Bonchev–Trinajstić information content (AvgIpc) is 2.60. The molecule has 1 unspecified atom stereocenters. The van der Waals surface area contributed by atoms with Gasteiger partial charge in [-0.15, -0.1) is 0 Å². The minimum Gasteiger partial charge on any atom is -0.488 e. The van der Waals surface area contributed by atoms with Gasteiger partial charge >= 0.3 is 0 Å². The van der Waals surface area contributed by atoms with Gasteiger partial charge in [0, 0.05) is 6.54 Å². The van der Waals surface area contributed by atoms with Gasteiger partial charge in [-0.05, 0) is 31.6 Å². The fraction of sp³-hybridized carbons (Fsp3) is 0.579. The van der Waals surface area contributed by atoms with Gasteiger partial charge in [0.25, 0.3) is 0 Å². The molecule has 1 atom stereocenters. The van der Waals surface area contributed by atoms with E-state index in [0.29, 0.717) is 18.2 Å². The van der Waals surface area contributed by atoms with E-state index in [-0.39, 0.29) is 5.95 Å². The van der Waals surface area contributed by atoms with E-state index in [9.17, 15) is 0 Å². The second-order valence-electron chi connectivity index (χ2n) is 6.23. The third-order valence-electron chi connectivity index (χ3n) is 4.14. The molecule has 0 spiro atoms. The molecule has 0 bridgehead atoms. The Morgan fingerprint density at radius 2 is 2.17 bits per heavy atom. The van der Waals surface area contributed by atoms with Gasteiger partial charge in [-0.3, -0.25) is 0 Å². The number of hydrogen-bond acceptors (Lipinski definition) is 5. The topological polar surface area (TPSA) is 73.1 Å². The molecule has 0 amide bonds. The molecule has 0 fully saturated rings. The number of nitrogens with one attached hydrogen (secondary N) is 1. The lowest BCUT2D eigenvalue weighted by molar-refractivity contribution is 0.302. The molecule has 1 aromatic rings. The number of aromatic nitrogens is 2. The van der Waals surface area contributed by atoms with Crippen molar-refractivity contribution in [3.05, 3.63) is 30.5 Å². The Labute approximate surface area is 145 Å². The van der Waals surface area contributed by atoms with Crippen LogP contribution in [0.1, 0.15) is 51.9 Å². The third kappa shape index (κ3) is 6.60. The van der Waals surface area contributed by atoms with E-state index in [0.717, 1.165) is 31.7 Å². The minimum atomic E-state index is 0.274. The quantitative estimate of drug-likeness (QED) is 0.590. The Hall–Kier alpha value is -2.04. The number of ether oxygens (including phenoxy) is 1. The van der Waals surface area contributed by atoms with Crippen molar-refractivity contribution in [1.82, 2.24) is 9.97 Å². The summed E-state index contributed by atoms with van der Waals surface area (Å²) in [5, 5.41) is 3.28. The normalized spacial score (nSPS) is 16.3. The number of hydrogen-bond donors (Lipinski definition) is 2. The number of unbranched alkanes of at least 4 members (excludes halogenated alkanes) is 3. The highest BCUT2D eigenvalue weighted by atomic mass is 16.5. The first kappa shape index (κ1) is 18.3.